The van der Waals surface area contributed by atoms with Crippen molar-refractivity contribution < 1.29 is 9.53 Å². The lowest BCUT2D eigenvalue weighted by molar-refractivity contribution is -0.136. The topological polar surface area (TPSA) is 63.2 Å². The Kier molecular flexibility index (Phi) is 3.26. The van der Waals surface area contributed by atoms with Crippen molar-refractivity contribution in [3.05, 3.63) is 24.5 Å². The van der Waals surface area contributed by atoms with Crippen LogP contribution in [0.2, 0.25) is 0 Å². The molecule has 1 aliphatic heterocycles. The van der Waals surface area contributed by atoms with Crippen LogP contribution in [0.5, 0.6) is 5.75 Å². The van der Waals surface area contributed by atoms with Gasteiger partial charge in [-0.15, -0.1) is 0 Å². The minimum atomic E-state index is -0.268. The van der Waals surface area contributed by atoms with E-state index in [0.29, 0.717) is 12.3 Å². The summed E-state index contributed by atoms with van der Waals surface area (Å²) in [5.41, 5.74) is 0. The number of rotatable bonds is 2. The smallest absolute Gasteiger partial charge is 0.329 e. The van der Waals surface area contributed by atoms with Gasteiger partial charge in [0.15, 0.2) is 0 Å². The lowest BCUT2D eigenvalue weighted by Crippen LogP contribution is -2.53. The molecule has 15 heavy (non-hydrogen) atoms. The third-order valence-electron chi connectivity index (χ3n) is 2.18. The predicted molar refractivity (Wildman–Crippen MR) is 54.5 cm³/mol. The molecule has 0 aliphatic carbocycles. The van der Waals surface area contributed by atoms with Crippen LogP contribution in [0.4, 0.5) is 0 Å². The number of pyridine rings is 1. The molecule has 80 valence electrons. The summed E-state index contributed by atoms with van der Waals surface area (Å²) in [4.78, 5) is 15.5. The second-order valence-corrected chi connectivity index (χ2v) is 3.32. The van der Waals surface area contributed by atoms with Gasteiger partial charge in [-0.25, -0.2) is 4.79 Å². The standard InChI is InChI=1S/C10H13N3O2/c14-10(9-7-12-4-5-13-9)15-8-2-1-3-11-6-8/h1-3,6,9,12-13H,4-5,7H2. The molecule has 0 bridgehead atoms. The van der Waals surface area contributed by atoms with Crippen LogP contribution in [-0.4, -0.2) is 36.6 Å². The van der Waals surface area contributed by atoms with Crippen LogP contribution in [0.25, 0.3) is 0 Å². The molecule has 2 N–H and O–H groups in total. The number of piperazine rings is 1. The van der Waals surface area contributed by atoms with Gasteiger partial charge >= 0.3 is 5.97 Å². The molecule has 0 spiro atoms. The van der Waals surface area contributed by atoms with E-state index in [0.717, 1.165) is 13.1 Å². The number of nitrogens with zero attached hydrogens (tertiary/aromatic N) is 1. The minimum Gasteiger partial charge on any atom is -0.424 e. The zero-order valence-electron chi connectivity index (χ0n) is 8.27. The maximum atomic E-state index is 11.6. The normalized spacial score (nSPS) is 20.9. The number of ether oxygens (including phenoxy) is 1. The third kappa shape index (κ3) is 2.74. The third-order valence-corrected chi connectivity index (χ3v) is 2.18. The average Bonchev–Trinajstić information content (AvgIpc) is 2.31. The molecule has 5 nitrogen and oxygen atoms in total. The van der Waals surface area contributed by atoms with Gasteiger partial charge < -0.3 is 15.4 Å². The van der Waals surface area contributed by atoms with Crippen molar-refractivity contribution in [3.8, 4) is 5.75 Å². The quantitative estimate of drug-likeness (QED) is 0.643. The van der Waals surface area contributed by atoms with Gasteiger partial charge in [0.25, 0.3) is 0 Å². The van der Waals surface area contributed by atoms with Crippen molar-refractivity contribution >= 4 is 5.97 Å². The van der Waals surface area contributed by atoms with Crippen molar-refractivity contribution in [2.45, 2.75) is 6.04 Å². The van der Waals surface area contributed by atoms with Crippen LogP contribution in [0.15, 0.2) is 24.5 Å². The molecule has 1 unspecified atom stereocenters. The Hall–Kier alpha value is -1.46. The summed E-state index contributed by atoms with van der Waals surface area (Å²) in [6, 6.07) is 3.18. The summed E-state index contributed by atoms with van der Waals surface area (Å²) in [6.07, 6.45) is 3.16. The predicted octanol–water partition coefficient (Wildman–Crippen LogP) is -0.452. The Morgan fingerprint density at radius 2 is 2.47 bits per heavy atom. The number of hydrogen-bond donors (Lipinski definition) is 2. The van der Waals surface area contributed by atoms with E-state index in [4.69, 9.17) is 4.74 Å². The van der Waals surface area contributed by atoms with Crippen LogP contribution in [0, 0.1) is 0 Å². The van der Waals surface area contributed by atoms with Crippen molar-refractivity contribution in [2.75, 3.05) is 19.6 Å². The second-order valence-electron chi connectivity index (χ2n) is 3.32. The summed E-state index contributed by atoms with van der Waals surface area (Å²) in [5, 5.41) is 6.20. The Balaban J connectivity index is 1.91. The van der Waals surface area contributed by atoms with E-state index >= 15 is 0 Å². The first kappa shape index (κ1) is 10.1. The first-order valence-corrected chi connectivity index (χ1v) is 4.92. The zero-order chi connectivity index (χ0) is 10.5. The molecular formula is C10H13N3O2. The SMILES string of the molecule is O=C(Oc1cccnc1)C1CNCCN1. The molecule has 0 radical (unpaired) electrons. The highest BCUT2D eigenvalue weighted by Gasteiger charge is 2.22. The van der Waals surface area contributed by atoms with Gasteiger partial charge in [0.05, 0.1) is 6.20 Å². The highest BCUT2D eigenvalue weighted by molar-refractivity contribution is 5.78. The maximum Gasteiger partial charge on any atom is 0.329 e. The van der Waals surface area contributed by atoms with Crippen molar-refractivity contribution in [3.63, 3.8) is 0 Å². The van der Waals surface area contributed by atoms with Gasteiger partial charge in [-0.05, 0) is 12.1 Å². The van der Waals surface area contributed by atoms with Gasteiger partial charge in [0, 0.05) is 25.8 Å². The molecule has 0 amide bonds. The molecular weight excluding hydrogens is 194 g/mol. The fourth-order valence-corrected chi connectivity index (χ4v) is 1.41. The largest absolute Gasteiger partial charge is 0.424 e. The molecule has 2 heterocycles. The molecule has 1 fully saturated rings. The molecule has 1 aliphatic rings. The van der Waals surface area contributed by atoms with E-state index in [9.17, 15) is 4.79 Å². The zero-order valence-corrected chi connectivity index (χ0v) is 8.27. The van der Waals surface area contributed by atoms with Crippen molar-refractivity contribution in [1.29, 1.82) is 0 Å². The Bertz CT molecular complexity index is 323. The van der Waals surface area contributed by atoms with E-state index in [1.807, 2.05) is 0 Å². The number of esters is 1. The molecule has 1 aromatic heterocycles. The first-order chi connectivity index (χ1) is 7.36. The van der Waals surface area contributed by atoms with Crippen LogP contribution in [0.3, 0.4) is 0 Å². The van der Waals surface area contributed by atoms with Crippen LogP contribution >= 0.6 is 0 Å². The molecule has 1 aromatic rings. The lowest BCUT2D eigenvalue weighted by Gasteiger charge is -2.22. The highest BCUT2D eigenvalue weighted by Crippen LogP contribution is 2.07. The van der Waals surface area contributed by atoms with Gasteiger partial charge in [-0.3, -0.25) is 4.98 Å². The fourth-order valence-electron chi connectivity index (χ4n) is 1.41. The highest BCUT2D eigenvalue weighted by atomic mass is 16.5. The number of aromatic nitrogens is 1. The average molecular weight is 207 g/mol. The van der Waals surface area contributed by atoms with Gasteiger partial charge in [-0.1, -0.05) is 0 Å². The van der Waals surface area contributed by atoms with Gasteiger partial charge in [-0.2, -0.15) is 0 Å². The second kappa shape index (κ2) is 4.86. The molecule has 1 saturated heterocycles. The van der Waals surface area contributed by atoms with E-state index in [1.165, 1.54) is 6.20 Å². The summed E-state index contributed by atoms with van der Waals surface area (Å²) in [5.74, 6) is 0.213. The van der Waals surface area contributed by atoms with E-state index in [2.05, 4.69) is 15.6 Å². The molecule has 2 rings (SSSR count). The Labute approximate surface area is 87.8 Å². The molecule has 1 atom stereocenters. The minimum absolute atomic E-state index is 0.265. The van der Waals surface area contributed by atoms with Gasteiger partial charge in [0.1, 0.15) is 11.8 Å². The number of carbonyl (C=O) groups is 1. The maximum absolute atomic E-state index is 11.6. The van der Waals surface area contributed by atoms with Gasteiger partial charge in [0.2, 0.25) is 0 Å². The Morgan fingerprint density at radius 1 is 1.53 bits per heavy atom. The fraction of sp³-hybridized carbons (Fsp3) is 0.400. The number of nitrogens with one attached hydrogen (secondary N) is 2. The lowest BCUT2D eigenvalue weighted by atomic mass is 10.2. The van der Waals surface area contributed by atoms with Crippen LogP contribution in [-0.2, 0) is 4.79 Å². The summed E-state index contributed by atoms with van der Waals surface area (Å²) in [7, 11) is 0. The Morgan fingerprint density at radius 3 is 3.13 bits per heavy atom. The summed E-state index contributed by atoms with van der Waals surface area (Å²) >= 11 is 0. The van der Waals surface area contributed by atoms with Crippen LogP contribution in [0.1, 0.15) is 0 Å². The molecule has 0 aromatic carbocycles. The monoisotopic (exact) mass is 207 g/mol. The van der Waals surface area contributed by atoms with E-state index < -0.39 is 0 Å². The number of carbonyl (C=O) groups excluding carboxylic acids is 1. The molecule has 5 heteroatoms. The van der Waals surface area contributed by atoms with Crippen molar-refractivity contribution in [2.24, 2.45) is 0 Å². The molecule has 0 saturated carbocycles. The number of hydrogen-bond acceptors (Lipinski definition) is 5. The van der Waals surface area contributed by atoms with E-state index in [-0.39, 0.29) is 12.0 Å². The van der Waals surface area contributed by atoms with Crippen molar-refractivity contribution in [1.82, 2.24) is 15.6 Å². The summed E-state index contributed by atoms with van der Waals surface area (Å²) < 4.78 is 5.15. The van der Waals surface area contributed by atoms with Crippen LogP contribution < -0.4 is 15.4 Å². The van der Waals surface area contributed by atoms with E-state index in [1.54, 1.807) is 18.3 Å². The first-order valence-electron chi connectivity index (χ1n) is 4.92. The summed E-state index contributed by atoms with van der Waals surface area (Å²) in [6.45, 7) is 2.28.